The number of allylic oxidation sites excluding steroid dienone is 1. The maximum atomic E-state index is 12.2. The van der Waals surface area contributed by atoms with Crippen LogP contribution in [0.15, 0.2) is 23.9 Å². The molecule has 1 saturated heterocycles. The van der Waals surface area contributed by atoms with Gasteiger partial charge in [0.05, 0.1) is 24.4 Å². The Morgan fingerprint density at radius 2 is 2.17 bits per heavy atom. The van der Waals surface area contributed by atoms with Gasteiger partial charge in [0.15, 0.2) is 0 Å². The third-order valence-corrected chi connectivity index (χ3v) is 5.07. The first kappa shape index (κ1) is 17.2. The van der Waals surface area contributed by atoms with Gasteiger partial charge in [-0.3, -0.25) is 14.4 Å². The maximum Gasteiger partial charge on any atom is 0.244 e. The van der Waals surface area contributed by atoms with Crippen molar-refractivity contribution in [1.29, 1.82) is 0 Å². The van der Waals surface area contributed by atoms with Crippen molar-refractivity contribution in [2.75, 3.05) is 26.7 Å². The van der Waals surface area contributed by atoms with Gasteiger partial charge < -0.3 is 10.1 Å². The summed E-state index contributed by atoms with van der Waals surface area (Å²) in [6.07, 6.45) is 9.37. The number of aromatic nitrogens is 2. The second-order valence-corrected chi connectivity index (χ2v) is 6.82. The molecule has 3 rings (SSSR count). The van der Waals surface area contributed by atoms with E-state index in [1.807, 2.05) is 17.8 Å². The van der Waals surface area contributed by atoms with Crippen molar-refractivity contribution in [3.8, 4) is 0 Å². The summed E-state index contributed by atoms with van der Waals surface area (Å²) in [7, 11) is 4.04. The minimum absolute atomic E-state index is 0.00693. The molecule has 2 aliphatic rings. The second kappa shape index (κ2) is 7.94. The van der Waals surface area contributed by atoms with E-state index in [-0.39, 0.29) is 18.1 Å². The lowest BCUT2D eigenvalue weighted by Crippen LogP contribution is -2.48. The molecule has 2 heterocycles. The van der Waals surface area contributed by atoms with Crippen LogP contribution >= 0.6 is 0 Å². The highest BCUT2D eigenvalue weighted by atomic mass is 16.5. The van der Waals surface area contributed by atoms with Gasteiger partial charge in [-0.05, 0) is 38.8 Å². The molecule has 1 saturated carbocycles. The fraction of sp³-hybridized carbons (Fsp3) is 0.667. The molecule has 0 bridgehead atoms. The van der Waals surface area contributed by atoms with Gasteiger partial charge in [0, 0.05) is 32.4 Å². The van der Waals surface area contributed by atoms with Crippen LogP contribution in [0.25, 0.3) is 0 Å². The van der Waals surface area contributed by atoms with E-state index in [0.29, 0.717) is 13.2 Å². The van der Waals surface area contributed by atoms with E-state index >= 15 is 0 Å². The number of carbonyl (C=O) groups is 1. The van der Waals surface area contributed by atoms with E-state index in [0.717, 1.165) is 25.1 Å². The van der Waals surface area contributed by atoms with Gasteiger partial charge in [0.1, 0.15) is 0 Å². The zero-order chi connectivity index (χ0) is 16.9. The highest BCUT2D eigenvalue weighted by Gasteiger charge is 2.33. The summed E-state index contributed by atoms with van der Waals surface area (Å²) in [6.45, 7) is 2.08. The summed E-state index contributed by atoms with van der Waals surface area (Å²) >= 11 is 0. The maximum absolute atomic E-state index is 12.2. The van der Waals surface area contributed by atoms with E-state index in [1.54, 1.807) is 12.3 Å². The van der Waals surface area contributed by atoms with Crippen molar-refractivity contribution < 1.29 is 9.53 Å². The number of nitrogens with one attached hydrogen (secondary N) is 1. The average molecular weight is 332 g/mol. The molecule has 0 unspecified atom stereocenters. The lowest BCUT2D eigenvalue weighted by Gasteiger charge is -2.39. The van der Waals surface area contributed by atoms with Gasteiger partial charge in [-0.25, -0.2) is 0 Å². The number of morpholine rings is 1. The van der Waals surface area contributed by atoms with Crippen LogP contribution in [0.3, 0.4) is 0 Å². The smallest absolute Gasteiger partial charge is 0.244 e. The lowest BCUT2D eigenvalue weighted by atomic mass is 9.94. The molecule has 0 spiro atoms. The third-order valence-electron chi connectivity index (χ3n) is 5.07. The Morgan fingerprint density at radius 1 is 1.38 bits per heavy atom. The SMILES string of the molecule is CN1CCO[C@@H](CNC(=O)C=C2CCCCC2)[C@@H]1c1ccnn1C. The van der Waals surface area contributed by atoms with Gasteiger partial charge >= 0.3 is 0 Å². The number of hydrogen-bond acceptors (Lipinski definition) is 4. The largest absolute Gasteiger partial charge is 0.373 e. The standard InChI is InChI=1S/C18H28N4O2/c1-21-10-11-24-16(18(21)15-8-9-20-22(15)2)13-19-17(23)12-14-6-4-3-5-7-14/h8-9,12,16,18H,3-7,10-11,13H2,1-2H3,(H,19,23)/t16-,18-/m0/s1. The molecule has 1 aromatic heterocycles. The number of ether oxygens (including phenoxy) is 1. The third kappa shape index (κ3) is 4.05. The van der Waals surface area contributed by atoms with Crippen LogP contribution in [0, 0.1) is 0 Å². The van der Waals surface area contributed by atoms with Gasteiger partial charge in [-0.2, -0.15) is 5.10 Å². The first-order valence-electron chi connectivity index (χ1n) is 8.92. The summed E-state index contributed by atoms with van der Waals surface area (Å²) < 4.78 is 7.85. The van der Waals surface area contributed by atoms with Crippen LogP contribution in [0.2, 0.25) is 0 Å². The Morgan fingerprint density at radius 3 is 2.88 bits per heavy atom. The van der Waals surface area contributed by atoms with E-state index in [9.17, 15) is 4.79 Å². The highest BCUT2D eigenvalue weighted by Crippen LogP contribution is 2.27. The normalized spacial score (nSPS) is 25.5. The summed E-state index contributed by atoms with van der Waals surface area (Å²) in [5.41, 5.74) is 2.39. The summed E-state index contributed by atoms with van der Waals surface area (Å²) in [5, 5.41) is 7.31. The molecule has 6 nitrogen and oxygen atoms in total. The van der Waals surface area contributed by atoms with Crippen LogP contribution in [0.5, 0.6) is 0 Å². The topological polar surface area (TPSA) is 59.4 Å². The first-order chi connectivity index (χ1) is 11.6. The Balaban J connectivity index is 1.62. The lowest BCUT2D eigenvalue weighted by molar-refractivity contribution is -0.118. The highest BCUT2D eigenvalue weighted by molar-refractivity contribution is 5.88. The average Bonchev–Trinajstić information content (AvgIpc) is 2.99. The van der Waals surface area contributed by atoms with Crippen molar-refractivity contribution in [1.82, 2.24) is 20.0 Å². The van der Waals surface area contributed by atoms with Crippen LogP contribution in [0.1, 0.15) is 43.8 Å². The van der Waals surface area contributed by atoms with Gasteiger partial charge in [-0.1, -0.05) is 12.0 Å². The Hall–Kier alpha value is -1.66. The second-order valence-electron chi connectivity index (χ2n) is 6.82. The Labute approximate surface area is 143 Å². The fourth-order valence-corrected chi connectivity index (χ4v) is 3.71. The molecule has 2 fully saturated rings. The Kier molecular flexibility index (Phi) is 5.68. The molecule has 1 aromatic rings. The number of carbonyl (C=O) groups excluding carboxylic acids is 1. The molecular weight excluding hydrogens is 304 g/mol. The fourth-order valence-electron chi connectivity index (χ4n) is 3.71. The number of nitrogens with zero attached hydrogens (tertiary/aromatic N) is 3. The zero-order valence-corrected chi connectivity index (χ0v) is 14.7. The van der Waals surface area contributed by atoms with Gasteiger partial charge in [0.2, 0.25) is 5.91 Å². The number of rotatable bonds is 4. The summed E-state index contributed by atoms with van der Waals surface area (Å²) in [6, 6.07) is 2.13. The van der Waals surface area contributed by atoms with Crippen molar-refractivity contribution in [2.24, 2.45) is 7.05 Å². The minimum atomic E-state index is -0.0622. The zero-order valence-electron chi connectivity index (χ0n) is 14.7. The molecule has 2 atom stereocenters. The van der Waals surface area contributed by atoms with Crippen molar-refractivity contribution in [2.45, 2.75) is 44.2 Å². The van der Waals surface area contributed by atoms with Crippen molar-refractivity contribution in [3.05, 3.63) is 29.6 Å². The van der Waals surface area contributed by atoms with Crippen LogP contribution in [-0.2, 0) is 16.6 Å². The van der Waals surface area contributed by atoms with Gasteiger partial charge in [-0.15, -0.1) is 0 Å². The Bertz CT molecular complexity index is 588. The monoisotopic (exact) mass is 332 g/mol. The number of hydrogen-bond donors (Lipinski definition) is 1. The molecule has 1 N–H and O–H groups in total. The molecule has 1 aliphatic heterocycles. The minimum Gasteiger partial charge on any atom is -0.373 e. The number of aryl methyl sites for hydroxylation is 1. The van der Waals surface area contributed by atoms with Crippen molar-refractivity contribution in [3.63, 3.8) is 0 Å². The quantitative estimate of drug-likeness (QED) is 0.854. The van der Waals surface area contributed by atoms with E-state index in [4.69, 9.17) is 4.74 Å². The van der Waals surface area contributed by atoms with E-state index in [1.165, 1.54) is 24.8 Å². The van der Waals surface area contributed by atoms with Crippen LogP contribution < -0.4 is 5.32 Å². The predicted molar refractivity (Wildman–Crippen MR) is 92.5 cm³/mol. The molecule has 1 aliphatic carbocycles. The summed E-state index contributed by atoms with van der Waals surface area (Å²) in [4.78, 5) is 14.5. The molecule has 6 heteroatoms. The molecular formula is C18H28N4O2. The van der Waals surface area contributed by atoms with Crippen LogP contribution in [-0.4, -0.2) is 53.4 Å². The number of likely N-dealkylation sites (N-methyl/N-ethyl adjacent to an activating group) is 1. The first-order valence-corrected chi connectivity index (χ1v) is 8.92. The summed E-state index contributed by atoms with van der Waals surface area (Å²) in [5.74, 6) is 0.00693. The molecule has 0 aromatic carbocycles. The molecule has 132 valence electrons. The van der Waals surface area contributed by atoms with Gasteiger partial charge in [0.25, 0.3) is 0 Å². The van der Waals surface area contributed by atoms with Crippen LogP contribution in [0.4, 0.5) is 0 Å². The predicted octanol–water partition coefficient (Wildman–Crippen LogP) is 1.80. The van der Waals surface area contributed by atoms with E-state index in [2.05, 4.69) is 22.4 Å². The molecule has 0 radical (unpaired) electrons. The molecule has 1 amide bonds. The number of amides is 1. The van der Waals surface area contributed by atoms with Crippen molar-refractivity contribution >= 4 is 5.91 Å². The van der Waals surface area contributed by atoms with E-state index < -0.39 is 0 Å². The molecule has 24 heavy (non-hydrogen) atoms.